The second kappa shape index (κ2) is 8.42. The van der Waals surface area contributed by atoms with Crippen molar-refractivity contribution in [3.05, 3.63) is 35.9 Å². The lowest BCUT2D eigenvalue weighted by Gasteiger charge is -2.30. The minimum atomic E-state index is -3.50. The maximum Gasteiger partial charge on any atom is 0.245 e. The highest BCUT2D eigenvalue weighted by molar-refractivity contribution is 7.89. The van der Waals surface area contributed by atoms with Gasteiger partial charge in [0, 0.05) is 13.1 Å². The highest BCUT2D eigenvalue weighted by atomic mass is 32.2. The van der Waals surface area contributed by atoms with Gasteiger partial charge >= 0.3 is 0 Å². The number of nitrogens with one attached hydrogen (secondary N) is 1. The predicted molar refractivity (Wildman–Crippen MR) is 88.4 cm³/mol. The number of rotatable bonds is 7. The molecule has 1 heterocycles. The van der Waals surface area contributed by atoms with Crippen LogP contribution in [-0.2, 0) is 19.6 Å². The van der Waals surface area contributed by atoms with Crippen molar-refractivity contribution in [1.29, 1.82) is 0 Å². The Morgan fingerprint density at radius 2 is 1.91 bits per heavy atom. The first-order valence-electron chi connectivity index (χ1n) is 7.95. The van der Waals surface area contributed by atoms with Crippen molar-refractivity contribution >= 4 is 15.9 Å². The van der Waals surface area contributed by atoms with Gasteiger partial charge in [0.25, 0.3) is 0 Å². The Morgan fingerprint density at radius 1 is 1.26 bits per heavy atom. The Hall–Kier alpha value is -1.44. The van der Waals surface area contributed by atoms with E-state index in [1.54, 1.807) is 29.2 Å². The van der Waals surface area contributed by atoms with Gasteiger partial charge in [-0.05, 0) is 12.0 Å². The zero-order chi connectivity index (χ0) is 16.7. The Balaban J connectivity index is 2.20. The van der Waals surface area contributed by atoms with Crippen LogP contribution in [0, 0.1) is 0 Å². The molecule has 1 aliphatic heterocycles. The maximum atomic E-state index is 12.8. The molecule has 0 unspecified atom stereocenters. The van der Waals surface area contributed by atoms with Crippen LogP contribution in [0.15, 0.2) is 30.3 Å². The zero-order valence-corrected chi connectivity index (χ0v) is 14.2. The fourth-order valence-corrected chi connectivity index (χ4v) is 3.83. The molecule has 1 atom stereocenters. The molecule has 128 valence electrons. The molecule has 1 fully saturated rings. The van der Waals surface area contributed by atoms with E-state index in [1.165, 1.54) is 0 Å². The third kappa shape index (κ3) is 5.30. The fraction of sp³-hybridized carbons (Fsp3) is 0.562. The van der Waals surface area contributed by atoms with Crippen LogP contribution in [0.2, 0.25) is 0 Å². The second-order valence-corrected chi connectivity index (χ2v) is 7.45. The van der Waals surface area contributed by atoms with Gasteiger partial charge in [-0.2, -0.15) is 4.72 Å². The van der Waals surface area contributed by atoms with E-state index >= 15 is 0 Å². The molecule has 1 N–H and O–H groups in total. The lowest BCUT2D eigenvalue weighted by atomic mass is 10.1. The number of hydrogen-bond donors (Lipinski definition) is 1. The summed E-state index contributed by atoms with van der Waals surface area (Å²) >= 11 is 0. The van der Waals surface area contributed by atoms with E-state index in [0.717, 1.165) is 6.42 Å². The van der Waals surface area contributed by atoms with Crippen LogP contribution in [0.5, 0.6) is 0 Å². The van der Waals surface area contributed by atoms with Crippen LogP contribution in [0.25, 0.3) is 0 Å². The summed E-state index contributed by atoms with van der Waals surface area (Å²) in [6, 6.07) is 8.10. The lowest BCUT2D eigenvalue weighted by molar-refractivity contribution is -0.137. The van der Waals surface area contributed by atoms with E-state index in [4.69, 9.17) is 4.74 Å². The van der Waals surface area contributed by atoms with Gasteiger partial charge in [0.15, 0.2) is 0 Å². The largest absolute Gasteiger partial charge is 0.378 e. The van der Waals surface area contributed by atoms with Crippen LogP contribution < -0.4 is 4.72 Å². The average molecular weight is 340 g/mol. The second-order valence-electron chi connectivity index (χ2n) is 5.57. The number of hydrogen-bond acceptors (Lipinski definition) is 4. The number of amides is 1. The molecule has 23 heavy (non-hydrogen) atoms. The number of ether oxygens (including phenoxy) is 1. The van der Waals surface area contributed by atoms with Crippen molar-refractivity contribution in [3.8, 4) is 0 Å². The van der Waals surface area contributed by atoms with E-state index in [0.29, 0.717) is 38.3 Å². The first-order valence-corrected chi connectivity index (χ1v) is 9.60. The molecule has 1 amide bonds. The minimum Gasteiger partial charge on any atom is -0.378 e. The number of morpholine rings is 1. The van der Waals surface area contributed by atoms with E-state index in [9.17, 15) is 13.2 Å². The van der Waals surface area contributed by atoms with Crippen molar-refractivity contribution < 1.29 is 17.9 Å². The smallest absolute Gasteiger partial charge is 0.245 e. The summed E-state index contributed by atoms with van der Waals surface area (Å²) < 4.78 is 32.3. The molecule has 0 saturated carbocycles. The summed E-state index contributed by atoms with van der Waals surface area (Å²) in [4.78, 5) is 14.4. The van der Waals surface area contributed by atoms with E-state index in [2.05, 4.69) is 4.72 Å². The number of carbonyl (C=O) groups is 1. The van der Waals surface area contributed by atoms with Gasteiger partial charge in [0.2, 0.25) is 15.9 Å². The molecule has 0 aliphatic carbocycles. The average Bonchev–Trinajstić information content (AvgIpc) is 2.59. The summed E-state index contributed by atoms with van der Waals surface area (Å²) in [5.74, 6) is -0.192. The number of unbranched alkanes of at least 4 members (excludes halogenated alkanes) is 1. The third-order valence-corrected chi connectivity index (χ3v) is 5.19. The Kier molecular flexibility index (Phi) is 6.56. The van der Waals surface area contributed by atoms with Gasteiger partial charge < -0.3 is 9.64 Å². The van der Waals surface area contributed by atoms with Crippen LogP contribution >= 0.6 is 0 Å². The molecule has 1 aromatic rings. The zero-order valence-electron chi connectivity index (χ0n) is 13.4. The Morgan fingerprint density at radius 3 is 2.52 bits per heavy atom. The number of carbonyl (C=O) groups excluding carboxylic acids is 1. The summed E-state index contributed by atoms with van der Waals surface area (Å²) in [6.45, 7) is 3.87. The minimum absolute atomic E-state index is 0.0310. The molecule has 0 aromatic heterocycles. The molecule has 1 aromatic carbocycles. The van der Waals surface area contributed by atoms with Crippen molar-refractivity contribution in [2.75, 3.05) is 32.1 Å². The fourth-order valence-electron chi connectivity index (χ4n) is 2.45. The van der Waals surface area contributed by atoms with Gasteiger partial charge in [-0.15, -0.1) is 0 Å². The molecule has 1 aliphatic rings. The molecule has 7 heteroatoms. The summed E-state index contributed by atoms with van der Waals surface area (Å²) in [5, 5.41) is 0. The normalized spacial score (nSPS) is 17.0. The van der Waals surface area contributed by atoms with Crippen molar-refractivity contribution in [2.24, 2.45) is 0 Å². The molecular weight excluding hydrogens is 316 g/mol. The number of sulfonamides is 1. The van der Waals surface area contributed by atoms with Crippen LogP contribution in [-0.4, -0.2) is 51.3 Å². The first kappa shape index (κ1) is 17.9. The molecule has 6 nitrogen and oxygen atoms in total. The monoisotopic (exact) mass is 340 g/mol. The molecule has 2 rings (SSSR count). The van der Waals surface area contributed by atoms with Crippen molar-refractivity contribution in [3.63, 3.8) is 0 Å². The first-order chi connectivity index (χ1) is 11.0. The highest BCUT2D eigenvalue weighted by Gasteiger charge is 2.30. The highest BCUT2D eigenvalue weighted by Crippen LogP contribution is 2.18. The standard InChI is InChI=1S/C16H24N2O4S/c1-2-3-13-23(20,21)17-15(14-7-5-4-6-8-14)16(19)18-9-11-22-12-10-18/h4-8,15,17H,2-3,9-13H2,1H3/t15-/m0/s1. The summed E-state index contributed by atoms with van der Waals surface area (Å²) in [6.07, 6.45) is 1.36. The summed E-state index contributed by atoms with van der Waals surface area (Å²) in [5.41, 5.74) is 0.657. The number of nitrogens with zero attached hydrogens (tertiary/aromatic N) is 1. The van der Waals surface area contributed by atoms with Gasteiger partial charge in [-0.25, -0.2) is 8.42 Å². The third-order valence-electron chi connectivity index (χ3n) is 3.77. The van der Waals surface area contributed by atoms with Crippen molar-refractivity contribution in [1.82, 2.24) is 9.62 Å². The Bertz CT molecular complexity index is 598. The SMILES string of the molecule is CCCCS(=O)(=O)N[C@H](C(=O)N1CCOCC1)c1ccccc1. The summed E-state index contributed by atoms with van der Waals surface area (Å²) in [7, 11) is -3.50. The van der Waals surface area contributed by atoms with Gasteiger partial charge in [0.05, 0.1) is 19.0 Å². The van der Waals surface area contributed by atoms with Crippen LogP contribution in [0.4, 0.5) is 0 Å². The topological polar surface area (TPSA) is 75.7 Å². The van der Waals surface area contributed by atoms with E-state index in [-0.39, 0.29) is 11.7 Å². The quantitative estimate of drug-likeness (QED) is 0.812. The van der Waals surface area contributed by atoms with Gasteiger partial charge in [-0.3, -0.25) is 4.79 Å². The molecule has 1 saturated heterocycles. The molecular formula is C16H24N2O4S. The molecule has 0 spiro atoms. The van der Waals surface area contributed by atoms with Crippen LogP contribution in [0.1, 0.15) is 31.4 Å². The molecule has 0 radical (unpaired) electrons. The van der Waals surface area contributed by atoms with E-state index in [1.807, 2.05) is 13.0 Å². The lowest BCUT2D eigenvalue weighted by Crippen LogP contribution is -2.47. The predicted octanol–water partition coefficient (Wildman–Crippen LogP) is 1.31. The maximum absolute atomic E-state index is 12.8. The molecule has 0 bridgehead atoms. The van der Waals surface area contributed by atoms with Gasteiger partial charge in [-0.1, -0.05) is 43.7 Å². The Labute approximate surface area is 137 Å². The van der Waals surface area contributed by atoms with Gasteiger partial charge in [0.1, 0.15) is 6.04 Å². The van der Waals surface area contributed by atoms with Crippen molar-refractivity contribution in [2.45, 2.75) is 25.8 Å². The van der Waals surface area contributed by atoms with Crippen LogP contribution in [0.3, 0.4) is 0 Å². The van der Waals surface area contributed by atoms with E-state index < -0.39 is 16.1 Å². The number of benzene rings is 1.